The third-order valence-electron chi connectivity index (χ3n) is 5.52. The fraction of sp³-hybridized carbons (Fsp3) is 0.385. The standard InChI is InChI=1S/C26H32N4O4S2/c1-7-14-30-23(17(5)34-20-12-10-19(8-2)11-13-20)28-29-26(30)35-15-21(31)27-24-22(25(32)33-9-3)16(4)18(6)36-24/h7,10-13,17H,1,8-9,14-15H2,2-6H3,(H,27,31). The van der Waals surface area contributed by atoms with Crippen molar-refractivity contribution < 1.29 is 19.1 Å². The molecule has 0 spiro atoms. The van der Waals surface area contributed by atoms with Crippen molar-refractivity contribution in [2.24, 2.45) is 0 Å². The van der Waals surface area contributed by atoms with E-state index in [2.05, 4.69) is 29.0 Å². The van der Waals surface area contributed by atoms with Gasteiger partial charge in [0, 0.05) is 11.4 Å². The molecule has 1 unspecified atom stereocenters. The number of rotatable bonds is 12. The first-order valence-corrected chi connectivity index (χ1v) is 13.6. The number of anilines is 1. The molecule has 1 atom stereocenters. The van der Waals surface area contributed by atoms with Crippen LogP contribution in [0.5, 0.6) is 5.75 Å². The van der Waals surface area contributed by atoms with Gasteiger partial charge in [0.1, 0.15) is 10.8 Å². The topological polar surface area (TPSA) is 95.3 Å². The van der Waals surface area contributed by atoms with Crippen LogP contribution in [0.2, 0.25) is 0 Å². The molecule has 192 valence electrons. The second-order valence-electron chi connectivity index (χ2n) is 8.04. The first-order chi connectivity index (χ1) is 17.3. The van der Waals surface area contributed by atoms with Gasteiger partial charge in [-0.3, -0.25) is 9.36 Å². The van der Waals surface area contributed by atoms with Crippen molar-refractivity contribution in [2.45, 2.75) is 58.8 Å². The Morgan fingerprint density at radius 2 is 1.94 bits per heavy atom. The van der Waals surface area contributed by atoms with E-state index >= 15 is 0 Å². The van der Waals surface area contributed by atoms with E-state index in [1.54, 1.807) is 13.0 Å². The number of benzene rings is 1. The number of aryl methyl sites for hydroxylation is 2. The SMILES string of the molecule is C=CCn1c(SCC(=O)Nc2sc(C)c(C)c2C(=O)OCC)nnc1C(C)Oc1ccc(CC)cc1. The zero-order valence-corrected chi connectivity index (χ0v) is 22.9. The van der Waals surface area contributed by atoms with Crippen molar-refractivity contribution in [3.8, 4) is 5.75 Å². The summed E-state index contributed by atoms with van der Waals surface area (Å²) < 4.78 is 13.1. The van der Waals surface area contributed by atoms with E-state index < -0.39 is 5.97 Å². The lowest BCUT2D eigenvalue weighted by Gasteiger charge is -2.16. The third-order valence-corrected chi connectivity index (χ3v) is 7.60. The molecule has 0 aliphatic heterocycles. The van der Waals surface area contributed by atoms with Gasteiger partial charge in [0.25, 0.3) is 0 Å². The van der Waals surface area contributed by atoms with Crippen molar-refractivity contribution in [3.05, 3.63) is 64.3 Å². The van der Waals surface area contributed by atoms with Gasteiger partial charge in [-0.15, -0.1) is 28.1 Å². The number of hydrogen-bond donors (Lipinski definition) is 1. The maximum absolute atomic E-state index is 12.8. The summed E-state index contributed by atoms with van der Waals surface area (Å²) in [7, 11) is 0. The Kier molecular flexibility index (Phi) is 9.72. The summed E-state index contributed by atoms with van der Waals surface area (Å²) in [4.78, 5) is 26.1. The number of aromatic nitrogens is 3. The van der Waals surface area contributed by atoms with Crippen LogP contribution in [0.1, 0.15) is 59.1 Å². The summed E-state index contributed by atoms with van der Waals surface area (Å²) in [6, 6.07) is 7.98. The molecule has 2 aromatic heterocycles. The summed E-state index contributed by atoms with van der Waals surface area (Å²) in [6.45, 7) is 14.1. The van der Waals surface area contributed by atoms with E-state index in [1.807, 2.05) is 49.6 Å². The number of thioether (sulfide) groups is 1. The normalized spacial score (nSPS) is 11.7. The van der Waals surface area contributed by atoms with E-state index in [-0.39, 0.29) is 24.4 Å². The largest absolute Gasteiger partial charge is 0.483 e. The van der Waals surface area contributed by atoms with Crippen LogP contribution in [0.3, 0.4) is 0 Å². The highest BCUT2D eigenvalue weighted by Crippen LogP contribution is 2.33. The quantitative estimate of drug-likeness (QED) is 0.182. The Labute approximate surface area is 220 Å². The van der Waals surface area contributed by atoms with Gasteiger partial charge in [0.2, 0.25) is 5.91 Å². The molecule has 0 fully saturated rings. The molecular weight excluding hydrogens is 496 g/mol. The number of carbonyl (C=O) groups is 2. The van der Waals surface area contributed by atoms with Crippen LogP contribution in [0.15, 0.2) is 42.1 Å². The number of hydrogen-bond acceptors (Lipinski definition) is 8. The minimum atomic E-state index is -0.434. The van der Waals surface area contributed by atoms with E-state index in [0.29, 0.717) is 28.1 Å². The van der Waals surface area contributed by atoms with Crippen LogP contribution in [-0.2, 0) is 22.5 Å². The molecule has 0 aliphatic carbocycles. The summed E-state index contributed by atoms with van der Waals surface area (Å²) in [6.07, 6.45) is 2.37. The van der Waals surface area contributed by atoms with Crippen molar-refractivity contribution in [2.75, 3.05) is 17.7 Å². The van der Waals surface area contributed by atoms with Crippen molar-refractivity contribution in [3.63, 3.8) is 0 Å². The third kappa shape index (κ3) is 6.55. The van der Waals surface area contributed by atoms with Crippen LogP contribution >= 0.6 is 23.1 Å². The molecule has 8 nitrogen and oxygen atoms in total. The zero-order valence-electron chi connectivity index (χ0n) is 21.3. The predicted molar refractivity (Wildman–Crippen MR) is 144 cm³/mol. The van der Waals surface area contributed by atoms with E-state index in [1.165, 1.54) is 28.7 Å². The van der Waals surface area contributed by atoms with Crippen LogP contribution in [-0.4, -0.2) is 39.0 Å². The Morgan fingerprint density at radius 3 is 2.58 bits per heavy atom. The number of allylic oxidation sites excluding steroid dienone is 1. The fourth-order valence-corrected chi connectivity index (χ4v) is 5.35. The van der Waals surface area contributed by atoms with E-state index in [9.17, 15) is 9.59 Å². The van der Waals surface area contributed by atoms with Gasteiger partial charge < -0.3 is 14.8 Å². The Morgan fingerprint density at radius 1 is 1.22 bits per heavy atom. The zero-order chi connectivity index (χ0) is 26.2. The number of nitrogens with zero attached hydrogens (tertiary/aromatic N) is 3. The highest BCUT2D eigenvalue weighted by molar-refractivity contribution is 7.99. The molecule has 3 aromatic rings. The lowest BCUT2D eigenvalue weighted by atomic mass is 10.1. The summed E-state index contributed by atoms with van der Waals surface area (Å²) in [5.41, 5.74) is 2.46. The van der Waals surface area contributed by atoms with Gasteiger partial charge in [-0.25, -0.2) is 4.79 Å². The first kappa shape index (κ1) is 27.5. The molecule has 2 heterocycles. The molecule has 0 saturated carbocycles. The second kappa shape index (κ2) is 12.7. The minimum absolute atomic E-state index is 0.0985. The molecule has 0 aliphatic rings. The number of amides is 1. The van der Waals surface area contributed by atoms with Gasteiger partial charge in [-0.1, -0.05) is 36.9 Å². The number of carbonyl (C=O) groups excluding carboxylic acids is 2. The lowest BCUT2D eigenvalue weighted by Crippen LogP contribution is -2.17. The molecule has 1 aromatic carbocycles. The van der Waals surface area contributed by atoms with Gasteiger partial charge in [0.05, 0.1) is 17.9 Å². The molecule has 0 bridgehead atoms. The molecule has 1 N–H and O–H groups in total. The minimum Gasteiger partial charge on any atom is -0.483 e. The number of esters is 1. The van der Waals surface area contributed by atoms with Crippen molar-refractivity contribution >= 4 is 40.0 Å². The van der Waals surface area contributed by atoms with Crippen molar-refractivity contribution in [1.82, 2.24) is 14.8 Å². The summed E-state index contributed by atoms with van der Waals surface area (Å²) in [5.74, 6) is 0.811. The highest BCUT2D eigenvalue weighted by Gasteiger charge is 2.23. The molecular formula is C26H32N4O4S2. The van der Waals surface area contributed by atoms with Gasteiger partial charge in [0.15, 0.2) is 17.1 Å². The summed E-state index contributed by atoms with van der Waals surface area (Å²) in [5, 5.41) is 12.6. The van der Waals surface area contributed by atoms with Crippen LogP contribution in [0.4, 0.5) is 5.00 Å². The van der Waals surface area contributed by atoms with Gasteiger partial charge in [-0.2, -0.15) is 0 Å². The maximum Gasteiger partial charge on any atom is 0.341 e. The molecule has 36 heavy (non-hydrogen) atoms. The predicted octanol–water partition coefficient (Wildman–Crippen LogP) is 5.75. The smallest absolute Gasteiger partial charge is 0.341 e. The number of nitrogens with one attached hydrogen (secondary N) is 1. The Hall–Kier alpha value is -3.11. The molecule has 0 saturated heterocycles. The molecule has 10 heteroatoms. The second-order valence-corrected chi connectivity index (χ2v) is 10.2. The highest BCUT2D eigenvalue weighted by atomic mass is 32.2. The van der Waals surface area contributed by atoms with Crippen LogP contribution in [0, 0.1) is 13.8 Å². The van der Waals surface area contributed by atoms with E-state index in [0.717, 1.165) is 22.6 Å². The first-order valence-electron chi connectivity index (χ1n) is 11.8. The lowest BCUT2D eigenvalue weighted by molar-refractivity contribution is -0.113. The van der Waals surface area contributed by atoms with Crippen molar-refractivity contribution in [1.29, 1.82) is 0 Å². The Balaban J connectivity index is 1.69. The fourth-order valence-electron chi connectivity index (χ4n) is 3.53. The molecule has 3 rings (SSSR count). The van der Waals surface area contributed by atoms with Gasteiger partial charge in [-0.05, 0) is 57.4 Å². The number of thiophene rings is 1. The molecule has 1 amide bonds. The average Bonchev–Trinajstić information content (AvgIpc) is 3.38. The average molecular weight is 529 g/mol. The maximum atomic E-state index is 12.8. The summed E-state index contributed by atoms with van der Waals surface area (Å²) >= 11 is 2.62. The van der Waals surface area contributed by atoms with Crippen LogP contribution in [0.25, 0.3) is 0 Å². The number of ether oxygens (including phenoxy) is 2. The monoisotopic (exact) mass is 528 g/mol. The van der Waals surface area contributed by atoms with Crippen LogP contribution < -0.4 is 10.1 Å². The van der Waals surface area contributed by atoms with Gasteiger partial charge >= 0.3 is 5.97 Å². The molecule has 0 radical (unpaired) electrons. The van der Waals surface area contributed by atoms with E-state index in [4.69, 9.17) is 9.47 Å². The Bertz CT molecular complexity index is 1220.